The Morgan fingerprint density at radius 2 is 1.49 bits per heavy atom. The Balaban J connectivity index is 1.22. The van der Waals surface area contributed by atoms with Crippen molar-refractivity contribution in [3.8, 4) is 0 Å². The Morgan fingerprint density at radius 1 is 0.800 bits per heavy atom. The molecule has 0 saturated heterocycles. The number of hydrogen-bond acceptors (Lipinski definition) is 10. The molecule has 65 heavy (non-hydrogen) atoms. The maximum absolute atomic E-state index is 12.6. The number of benzene rings is 2. The Bertz CT molecular complexity index is 2580. The zero-order valence-corrected chi connectivity index (χ0v) is 40.0. The average Bonchev–Trinajstić information content (AvgIpc) is 3.54. The van der Waals surface area contributed by atoms with Crippen LogP contribution in [-0.4, -0.2) is 99.2 Å². The number of hydrogen-bond donors (Lipinski definition) is 5. The lowest BCUT2D eigenvalue weighted by atomic mass is 9.81. The second-order valence-corrected chi connectivity index (χ2v) is 22.1. The van der Waals surface area contributed by atoms with Crippen molar-refractivity contribution in [1.29, 1.82) is 0 Å². The van der Waals surface area contributed by atoms with E-state index in [0.717, 1.165) is 55.6 Å². The van der Waals surface area contributed by atoms with Gasteiger partial charge in [-0.3, -0.25) is 18.5 Å². The third-order valence-electron chi connectivity index (χ3n) is 12.1. The summed E-state index contributed by atoms with van der Waals surface area (Å²) in [6.07, 6.45) is 20.7. The molecule has 1 unspecified atom stereocenters. The van der Waals surface area contributed by atoms with Crippen molar-refractivity contribution in [1.82, 2.24) is 10.6 Å². The third-order valence-corrected chi connectivity index (χ3v) is 14.6. The molecule has 2 heterocycles. The van der Waals surface area contributed by atoms with E-state index in [1.165, 1.54) is 24.3 Å². The molecule has 0 spiro atoms. The molecule has 5 rings (SSSR count). The van der Waals surface area contributed by atoms with E-state index in [2.05, 4.69) is 27.7 Å². The van der Waals surface area contributed by atoms with Crippen LogP contribution in [0.25, 0.3) is 0 Å². The number of fused-ring (bicyclic) bond motifs is 2. The third kappa shape index (κ3) is 13.9. The average molecular weight is 960 g/mol. The van der Waals surface area contributed by atoms with Crippen LogP contribution in [0.15, 0.2) is 94.4 Å². The minimum Gasteiger partial charge on any atom is -0.446 e. The number of carbonyl (C=O) groups is 2. The second kappa shape index (κ2) is 21.8. The van der Waals surface area contributed by atoms with E-state index in [0.29, 0.717) is 62.1 Å². The Labute approximate surface area is 383 Å². The van der Waals surface area contributed by atoms with Crippen LogP contribution in [-0.2, 0) is 50.7 Å². The van der Waals surface area contributed by atoms with E-state index in [-0.39, 0.29) is 34.8 Å². The number of ether oxygens (including phenoxy) is 1. The summed E-state index contributed by atoms with van der Waals surface area (Å²) < 4.78 is 108. The van der Waals surface area contributed by atoms with Gasteiger partial charge in [0.15, 0.2) is 5.71 Å². The number of amides is 2. The lowest BCUT2D eigenvalue weighted by molar-refractivity contribution is -0.437. The molecular weight excluding hydrogens is 897 g/mol. The minimum atomic E-state index is -4.50. The fourth-order valence-corrected chi connectivity index (χ4v) is 10.1. The molecule has 0 saturated carbocycles. The summed E-state index contributed by atoms with van der Waals surface area (Å²) in [5, 5.41) is 5.67. The number of carbonyl (C=O) groups excluding carboxylic acids is 2. The summed E-state index contributed by atoms with van der Waals surface area (Å²) in [6.45, 7) is 9.27. The predicted molar refractivity (Wildman–Crippen MR) is 250 cm³/mol. The molecule has 3 aliphatic rings. The van der Waals surface area contributed by atoms with Gasteiger partial charge >= 0.3 is 6.09 Å². The fourth-order valence-electron chi connectivity index (χ4n) is 8.62. The van der Waals surface area contributed by atoms with E-state index >= 15 is 0 Å². The zero-order valence-electron chi connectivity index (χ0n) is 37.5. The Morgan fingerprint density at radius 3 is 2.20 bits per heavy atom. The van der Waals surface area contributed by atoms with Gasteiger partial charge in [0, 0.05) is 73.4 Å². The standard InChI is InChI=1S/C46H62N4O12S3/c1-45(2)37-32-35(64(56,57)58)23-25-39(37)49(29-15-9-14-22-43(51)47-27-16-28-48-44(52)62-34-18-10-6-5-7-11-19-34)41(45)20-12-8-13-21-42-46(3,4)38-33-36(65(59,60)61)24-26-40(38)50(42)30-17-31-63(53,54)55/h6,8,10,12-13,20-21,23-26,32-34H,5,7,9,11,14-19,22,27-31H2,1-4H3,(H4-,47,48,51,52,53,54,55,56,57,58,59,60,61)/p+1. The quantitative estimate of drug-likeness (QED) is 0.0288. The van der Waals surface area contributed by atoms with Crippen LogP contribution >= 0.6 is 0 Å². The highest BCUT2D eigenvalue weighted by atomic mass is 32.2. The van der Waals surface area contributed by atoms with Gasteiger partial charge < -0.3 is 20.3 Å². The van der Waals surface area contributed by atoms with Crippen molar-refractivity contribution in [3.05, 3.63) is 95.8 Å². The highest BCUT2D eigenvalue weighted by Crippen LogP contribution is 2.48. The molecule has 2 aromatic carbocycles. The van der Waals surface area contributed by atoms with Crippen LogP contribution in [0.3, 0.4) is 0 Å². The molecule has 2 amide bonds. The van der Waals surface area contributed by atoms with Crippen LogP contribution in [0.1, 0.15) is 109 Å². The maximum Gasteiger partial charge on any atom is 0.407 e. The zero-order chi connectivity index (χ0) is 47.6. The SMILES string of the molecule is CC1(C)C(=CC=CC=CC2=[N+](CCCS(=O)(=O)O)c3ccc(S(=O)(=O)O)cc3C2(C)C)N(CCCCCC(=O)NCCCNC(=O)OC2CC=CCCCC2)c2ccc(S(=O)(=O)O)cc21. The molecule has 5 N–H and O–H groups in total. The van der Waals surface area contributed by atoms with Crippen molar-refractivity contribution >= 4 is 59.4 Å². The van der Waals surface area contributed by atoms with Gasteiger partial charge in [-0.1, -0.05) is 50.6 Å². The summed E-state index contributed by atoms with van der Waals surface area (Å²) in [6, 6.07) is 8.79. The molecule has 16 nitrogen and oxygen atoms in total. The Hall–Kier alpha value is -4.66. The second-order valence-electron chi connectivity index (χ2n) is 17.6. The van der Waals surface area contributed by atoms with Crippen molar-refractivity contribution in [2.24, 2.45) is 0 Å². The summed E-state index contributed by atoms with van der Waals surface area (Å²) in [5.74, 6) is -0.549. The molecule has 1 atom stereocenters. The van der Waals surface area contributed by atoms with Gasteiger partial charge in [-0.25, -0.2) is 4.79 Å². The minimum absolute atomic E-state index is 0.0785. The number of allylic oxidation sites excluding steroid dienone is 7. The van der Waals surface area contributed by atoms with E-state index in [9.17, 15) is 48.5 Å². The number of alkyl carbamates (subject to hydrolysis) is 1. The molecule has 2 aliphatic heterocycles. The van der Waals surface area contributed by atoms with Crippen LogP contribution in [0, 0.1) is 0 Å². The highest BCUT2D eigenvalue weighted by molar-refractivity contribution is 7.86. The van der Waals surface area contributed by atoms with Gasteiger partial charge in [0.1, 0.15) is 12.6 Å². The number of nitrogens with zero attached hydrogens (tertiary/aromatic N) is 2. The molecule has 19 heteroatoms. The van der Waals surface area contributed by atoms with Crippen LogP contribution in [0.2, 0.25) is 0 Å². The monoisotopic (exact) mass is 959 g/mol. The maximum atomic E-state index is 12.6. The van der Waals surface area contributed by atoms with Gasteiger partial charge in [-0.15, -0.1) is 0 Å². The van der Waals surface area contributed by atoms with E-state index in [1.807, 2.05) is 50.5 Å². The number of anilines is 1. The van der Waals surface area contributed by atoms with E-state index < -0.39 is 53.0 Å². The van der Waals surface area contributed by atoms with E-state index in [4.69, 9.17) is 4.74 Å². The summed E-state index contributed by atoms with van der Waals surface area (Å²) in [4.78, 5) is 26.4. The lowest BCUT2D eigenvalue weighted by Gasteiger charge is -2.27. The van der Waals surface area contributed by atoms with Crippen LogP contribution < -0.4 is 15.5 Å². The van der Waals surface area contributed by atoms with Crippen molar-refractivity contribution in [2.45, 2.75) is 125 Å². The van der Waals surface area contributed by atoms with Crippen molar-refractivity contribution in [2.75, 3.05) is 36.8 Å². The van der Waals surface area contributed by atoms with Gasteiger partial charge in [0.05, 0.1) is 21.0 Å². The first-order valence-corrected chi connectivity index (χ1v) is 26.5. The molecule has 0 fully saturated rings. The van der Waals surface area contributed by atoms with Gasteiger partial charge in [0.25, 0.3) is 30.4 Å². The number of nitrogens with one attached hydrogen (secondary N) is 2. The number of rotatable bonds is 20. The lowest BCUT2D eigenvalue weighted by Crippen LogP contribution is -2.32. The molecule has 1 aliphatic carbocycles. The molecule has 0 radical (unpaired) electrons. The topological polar surface area (TPSA) is 237 Å². The Kier molecular flexibility index (Phi) is 17.2. The van der Waals surface area contributed by atoms with Crippen LogP contribution in [0.5, 0.6) is 0 Å². The first-order chi connectivity index (χ1) is 30.5. The molecule has 2 aromatic rings. The van der Waals surface area contributed by atoms with Crippen molar-refractivity contribution in [3.63, 3.8) is 0 Å². The molecular formula is C46H63N4O12S3+. The first-order valence-electron chi connectivity index (χ1n) is 22.0. The first kappa shape index (κ1) is 51.3. The highest BCUT2D eigenvalue weighted by Gasteiger charge is 2.45. The summed E-state index contributed by atoms with van der Waals surface area (Å²) >= 11 is 0. The normalized spacial score (nSPS) is 19.1. The fraction of sp³-hybridized carbons (Fsp3) is 0.500. The van der Waals surface area contributed by atoms with Gasteiger partial charge in [-0.05, 0) is 101 Å². The van der Waals surface area contributed by atoms with Gasteiger partial charge in [0.2, 0.25) is 11.6 Å². The molecule has 0 bridgehead atoms. The van der Waals surface area contributed by atoms with Crippen LogP contribution in [0.4, 0.5) is 16.2 Å². The summed E-state index contributed by atoms with van der Waals surface area (Å²) in [5.41, 5.74) is 2.89. The predicted octanol–water partition coefficient (Wildman–Crippen LogP) is 7.31. The molecule has 0 aromatic heterocycles. The largest absolute Gasteiger partial charge is 0.446 e. The number of unbranched alkanes of at least 4 members (excludes halogenated alkanes) is 2. The van der Waals surface area contributed by atoms with Gasteiger partial charge in [-0.2, -0.15) is 29.8 Å². The summed E-state index contributed by atoms with van der Waals surface area (Å²) in [7, 11) is -13.2. The van der Waals surface area contributed by atoms with Crippen molar-refractivity contribution < 1.29 is 57.8 Å². The molecule has 356 valence electrons. The van der Waals surface area contributed by atoms with E-state index in [1.54, 1.807) is 24.3 Å². The smallest absolute Gasteiger partial charge is 0.407 e.